The van der Waals surface area contributed by atoms with Gasteiger partial charge >= 0.3 is 5.97 Å². The van der Waals surface area contributed by atoms with Gasteiger partial charge in [0.25, 0.3) is 0 Å². The van der Waals surface area contributed by atoms with E-state index in [1.807, 2.05) is 60.7 Å². The van der Waals surface area contributed by atoms with Crippen LogP contribution in [0.2, 0.25) is 0 Å². The number of carbonyl (C=O) groups is 1. The molecule has 1 unspecified atom stereocenters. The van der Waals surface area contributed by atoms with E-state index in [0.29, 0.717) is 23.3 Å². The molecule has 2 aromatic heterocycles. The second-order valence-corrected chi connectivity index (χ2v) is 6.08. The van der Waals surface area contributed by atoms with Crippen LogP contribution in [0, 0.1) is 0 Å². The Morgan fingerprint density at radius 2 is 1.74 bits per heavy atom. The van der Waals surface area contributed by atoms with Gasteiger partial charge < -0.3 is 10.4 Å². The molecular formula is C20H17N5O2. The maximum Gasteiger partial charge on any atom is 0.326 e. The highest BCUT2D eigenvalue weighted by Crippen LogP contribution is 2.22. The number of carboxylic acid groups (broad SMARTS) is 1. The number of anilines is 1. The Morgan fingerprint density at radius 3 is 2.44 bits per heavy atom. The van der Waals surface area contributed by atoms with E-state index >= 15 is 0 Å². The molecule has 7 nitrogen and oxygen atoms in total. The molecule has 1 atom stereocenters. The number of hydrogen-bond donors (Lipinski definition) is 2. The zero-order valence-corrected chi connectivity index (χ0v) is 14.4. The van der Waals surface area contributed by atoms with Crippen molar-refractivity contribution in [1.29, 1.82) is 0 Å². The van der Waals surface area contributed by atoms with Gasteiger partial charge in [-0.3, -0.25) is 0 Å². The summed E-state index contributed by atoms with van der Waals surface area (Å²) in [5, 5.41) is 17.7. The smallest absolute Gasteiger partial charge is 0.326 e. The van der Waals surface area contributed by atoms with Gasteiger partial charge in [0, 0.05) is 6.42 Å². The number of rotatable bonds is 6. The van der Waals surface area contributed by atoms with Crippen molar-refractivity contribution >= 4 is 22.8 Å². The van der Waals surface area contributed by atoms with Crippen LogP contribution in [0.5, 0.6) is 0 Å². The maximum absolute atomic E-state index is 11.7. The van der Waals surface area contributed by atoms with Gasteiger partial charge in [-0.15, -0.1) is 0 Å². The first kappa shape index (κ1) is 16.7. The molecule has 7 heteroatoms. The first-order valence-corrected chi connectivity index (χ1v) is 8.50. The minimum Gasteiger partial charge on any atom is -0.480 e. The summed E-state index contributed by atoms with van der Waals surface area (Å²) in [5.41, 5.74) is 2.42. The van der Waals surface area contributed by atoms with Crippen molar-refractivity contribution in [3.05, 3.63) is 78.8 Å². The standard InChI is InChI=1S/C20H17N5O2/c26-20(27)17(11-14-7-3-1-4-8-14)24-18-16-12-23-25(19(16)22-13-21-18)15-9-5-2-6-10-15/h1-10,12-13,17H,11H2,(H,26,27)(H,21,22,24). The third-order valence-electron chi connectivity index (χ3n) is 4.26. The van der Waals surface area contributed by atoms with Gasteiger partial charge in [-0.2, -0.15) is 5.10 Å². The summed E-state index contributed by atoms with van der Waals surface area (Å²) in [7, 11) is 0. The molecular weight excluding hydrogens is 342 g/mol. The van der Waals surface area contributed by atoms with Crippen LogP contribution < -0.4 is 5.32 Å². The van der Waals surface area contributed by atoms with E-state index in [-0.39, 0.29) is 0 Å². The molecule has 0 spiro atoms. The molecule has 0 saturated heterocycles. The molecule has 4 aromatic rings. The predicted molar refractivity (Wildman–Crippen MR) is 102 cm³/mol. The van der Waals surface area contributed by atoms with E-state index in [2.05, 4.69) is 20.4 Å². The van der Waals surface area contributed by atoms with Gasteiger partial charge in [-0.05, 0) is 17.7 Å². The third-order valence-corrected chi connectivity index (χ3v) is 4.26. The topological polar surface area (TPSA) is 92.9 Å². The summed E-state index contributed by atoms with van der Waals surface area (Å²) in [4.78, 5) is 20.3. The third kappa shape index (κ3) is 3.48. The average molecular weight is 359 g/mol. The quantitative estimate of drug-likeness (QED) is 0.550. The monoisotopic (exact) mass is 359 g/mol. The van der Waals surface area contributed by atoms with Crippen molar-refractivity contribution in [3.63, 3.8) is 0 Å². The molecule has 2 N–H and O–H groups in total. The lowest BCUT2D eigenvalue weighted by molar-refractivity contribution is -0.137. The van der Waals surface area contributed by atoms with E-state index in [1.54, 1.807) is 10.9 Å². The number of para-hydroxylation sites is 1. The van der Waals surface area contributed by atoms with E-state index < -0.39 is 12.0 Å². The molecule has 0 aliphatic heterocycles. The highest BCUT2D eigenvalue weighted by atomic mass is 16.4. The molecule has 2 aromatic carbocycles. The lowest BCUT2D eigenvalue weighted by Gasteiger charge is -2.15. The number of fused-ring (bicyclic) bond motifs is 1. The van der Waals surface area contributed by atoms with Crippen molar-refractivity contribution in [3.8, 4) is 5.69 Å². The summed E-state index contributed by atoms with van der Waals surface area (Å²) in [6.07, 6.45) is 3.40. The molecule has 0 radical (unpaired) electrons. The van der Waals surface area contributed by atoms with Gasteiger partial charge in [-0.1, -0.05) is 48.5 Å². The molecule has 2 heterocycles. The Hall–Kier alpha value is -3.74. The van der Waals surface area contributed by atoms with Crippen molar-refractivity contribution in [2.75, 3.05) is 5.32 Å². The average Bonchev–Trinajstić information content (AvgIpc) is 3.14. The van der Waals surface area contributed by atoms with E-state index in [9.17, 15) is 9.90 Å². The minimum atomic E-state index is -0.943. The molecule has 0 bridgehead atoms. The van der Waals surface area contributed by atoms with Crippen LogP contribution in [0.25, 0.3) is 16.7 Å². The zero-order chi connectivity index (χ0) is 18.6. The summed E-state index contributed by atoms with van der Waals surface area (Å²) < 4.78 is 1.70. The van der Waals surface area contributed by atoms with Crippen LogP contribution in [0.1, 0.15) is 5.56 Å². The molecule has 0 saturated carbocycles. The SMILES string of the molecule is O=C(O)C(Cc1ccccc1)Nc1ncnc2c1cnn2-c1ccccc1. The van der Waals surface area contributed by atoms with Crippen LogP contribution in [0.3, 0.4) is 0 Å². The number of hydrogen-bond acceptors (Lipinski definition) is 5. The van der Waals surface area contributed by atoms with Crippen molar-refractivity contribution < 1.29 is 9.90 Å². The Labute approximate surface area is 155 Å². The minimum absolute atomic E-state index is 0.342. The van der Waals surface area contributed by atoms with Crippen LogP contribution in [0.4, 0.5) is 5.82 Å². The first-order valence-electron chi connectivity index (χ1n) is 8.50. The summed E-state index contributed by atoms with van der Waals surface area (Å²) in [6, 6.07) is 18.3. The number of benzene rings is 2. The summed E-state index contributed by atoms with van der Waals surface area (Å²) in [6.45, 7) is 0. The number of aliphatic carboxylic acids is 1. The molecule has 27 heavy (non-hydrogen) atoms. The fourth-order valence-electron chi connectivity index (χ4n) is 2.93. The second-order valence-electron chi connectivity index (χ2n) is 6.08. The van der Waals surface area contributed by atoms with Crippen molar-refractivity contribution in [2.24, 2.45) is 0 Å². The maximum atomic E-state index is 11.7. The fraction of sp³-hybridized carbons (Fsp3) is 0.100. The highest BCUT2D eigenvalue weighted by molar-refractivity contribution is 5.89. The molecule has 4 rings (SSSR count). The number of carboxylic acids is 1. The van der Waals surface area contributed by atoms with Crippen LogP contribution in [-0.4, -0.2) is 36.9 Å². The zero-order valence-electron chi connectivity index (χ0n) is 14.4. The predicted octanol–water partition coefficient (Wildman–Crippen LogP) is 2.92. The van der Waals surface area contributed by atoms with Crippen LogP contribution in [-0.2, 0) is 11.2 Å². The van der Waals surface area contributed by atoms with Crippen molar-refractivity contribution in [1.82, 2.24) is 19.7 Å². The molecule has 0 amide bonds. The Balaban J connectivity index is 1.67. The van der Waals surface area contributed by atoms with Gasteiger partial charge in [0.2, 0.25) is 0 Å². The highest BCUT2D eigenvalue weighted by Gasteiger charge is 2.20. The van der Waals surface area contributed by atoms with Gasteiger partial charge in [0.1, 0.15) is 18.2 Å². The first-order chi connectivity index (χ1) is 13.2. The van der Waals surface area contributed by atoms with Gasteiger partial charge in [0.15, 0.2) is 5.65 Å². The molecule has 0 aliphatic carbocycles. The van der Waals surface area contributed by atoms with E-state index in [0.717, 1.165) is 11.3 Å². The second kappa shape index (κ2) is 7.25. The molecule has 0 aliphatic rings. The Bertz CT molecular complexity index is 1060. The Kier molecular flexibility index (Phi) is 4.49. The lowest BCUT2D eigenvalue weighted by Crippen LogP contribution is -2.32. The van der Waals surface area contributed by atoms with Crippen molar-refractivity contribution in [2.45, 2.75) is 12.5 Å². The van der Waals surface area contributed by atoms with Gasteiger partial charge in [-0.25, -0.2) is 19.4 Å². The number of nitrogens with one attached hydrogen (secondary N) is 1. The number of nitrogens with zero attached hydrogens (tertiary/aromatic N) is 4. The number of aromatic nitrogens is 4. The Morgan fingerprint density at radius 1 is 1.04 bits per heavy atom. The van der Waals surface area contributed by atoms with E-state index in [4.69, 9.17) is 0 Å². The molecule has 134 valence electrons. The van der Waals surface area contributed by atoms with Gasteiger partial charge in [0.05, 0.1) is 17.3 Å². The fourth-order valence-corrected chi connectivity index (χ4v) is 2.93. The molecule has 0 fully saturated rings. The van der Waals surface area contributed by atoms with Crippen LogP contribution >= 0.6 is 0 Å². The van der Waals surface area contributed by atoms with E-state index in [1.165, 1.54) is 6.33 Å². The normalized spacial score (nSPS) is 12.0. The van der Waals surface area contributed by atoms with Crippen LogP contribution in [0.15, 0.2) is 73.2 Å². The summed E-state index contributed by atoms with van der Waals surface area (Å²) in [5.74, 6) is -0.494. The largest absolute Gasteiger partial charge is 0.480 e. The summed E-state index contributed by atoms with van der Waals surface area (Å²) >= 11 is 0. The lowest BCUT2D eigenvalue weighted by atomic mass is 10.1.